The van der Waals surface area contributed by atoms with E-state index in [2.05, 4.69) is 12.2 Å². The molecule has 2 saturated carbocycles. The number of nitrogens with zero attached hydrogens (tertiary/aromatic N) is 2. The first kappa shape index (κ1) is 27.4. The van der Waals surface area contributed by atoms with Gasteiger partial charge in [-0.3, -0.25) is 14.4 Å². The number of aryl methyl sites for hydroxylation is 1. The lowest BCUT2D eigenvalue weighted by Crippen LogP contribution is -2.55. The largest absolute Gasteiger partial charge is 0.427 e. The van der Waals surface area contributed by atoms with E-state index in [1.807, 2.05) is 35.2 Å². The quantitative estimate of drug-likeness (QED) is 0.478. The summed E-state index contributed by atoms with van der Waals surface area (Å²) in [6.07, 6.45) is 4.32. The van der Waals surface area contributed by atoms with Gasteiger partial charge in [0, 0.05) is 29.8 Å². The van der Waals surface area contributed by atoms with Crippen LogP contribution in [0, 0.1) is 11.8 Å². The lowest BCUT2D eigenvalue weighted by Gasteiger charge is -2.43. The van der Waals surface area contributed by atoms with Crippen molar-refractivity contribution < 1.29 is 23.9 Å². The van der Waals surface area contributed by atoms with Crippen LogP contribution in [-0.2, 0) is 37.7 Å². The van der Waals surface area contributed by atoms with Crippen LogP contribution in [0.4, 0.5) is 10.5 Å². The Morgan fingerprint density at radius 2 is 1.71 bits per heavy atom. The number of rotatable bonds is 9. The molecule has 216 valence electrons. The third kappa shape index (κ3) is 4.80. The zero-order chi connectivity index (χ0) is 29.2. The minimum atomic E-state index is -1.46. The van der Waals surface area contributed by atoms with Crippen molar-refractivity contribution in [2.24, 2.45) is 17.6 Å². The Labute approximate surface area is 240 Å². The molecule has 3 fully saturated rings. The minimum absolute atomic E-state index is 0.238. The van der Waals surface area contributed by atoms with Gasteiger partial charge >= 0.3 is 6.09 Å². The molecule has 9 heteroatoms. The Hall–Kier alpha value is -3.72. The Morgan fingerprint density at radius 3 is 2.32 bits per heavy atom. The second kappa shape index (κ2) is 9.69. The predicted molar refractivity (Wildman–Crippen MR) is 152 cm³/mol. The van der Waals surface area contributed by atoms with Gasteiger partial charge in [-0.1, -0.05) is 36.4 Å². The molecule has 2 aromatic carbocycles. The second-order valence-corrected chi connectivity index (χ2v) is 12.9. The summed E-state index contributed by atoms with van der Waals surface area (Å²) in [6, 6.07) is 15.1. The molecule has 1 spiro atoms. The maximum Gasteiger partial charge on any atom is 0.418 e. The van der Waals surface area contributed by atoms with Gasteiger partial charge in [-0.2, -0.15) is 0 Å². The van der Waals surface area contributed by atoms with Crippen LogP contribution in [0.1, 0.15) is 69.6 Å². The third-order valence-corrected chi connectivity index (χ3v) is 9.37. The summed E-state index contributed by atoms with van der Waals surface area (Å²) >= 11 is 0. The molecule has 6 rings (SSSR count). The van der Waals surface area contributed by atoms with Crippen LogP contribution < -0.4 is 11.1 Å². The third-order valence-electron chi connectivity index (χ3n) is 9.37. The lowest BCUT2D eigenvalue weighted by atomic mass is 9.86. The van der Waals surface area contributed by atoms with Crippen LogP contribution in [0.25, 0.3) is 0 Å². The number of carbonyl (C=O) groups excluding carboxylic acids is 4. The number of ether oxygens (including phenoxy) is 1. The van der Waals surface area contributed by atoms with Gasteiger partial charge in [0.15, 0.2) is 0 Å². The normalized spacial score (nSPS) is 22.1. The summed E-state index contributed by atoms with van der Waals surface area (Å²) in [6.45, 7) is 5.51. The van der Waals surface area contributed by atoms with Crippen molar-refractivity contribution in [3.8, 4) is 0 Å². The maximum atomic E-state index is 14.1. The summed E-state index contributed by atoms with van der Waals surface area (Å²) < 4.78 is 5.80. The molecule has 41 heavy (non-hydrogen) atoms. The molecule has 1 atom stereocenters. The molecule has 1 aliphatic heterocycles. The highest BCUT2D eigenvalue weighted by Gasteiger charge is 2.60. The molecule has 1 heterocycles. The first-order valence-electron chi connectivity index (χ1n) is 14.6. The smallest absolute Gasteiger partial charge is 0.418 e. The van der Waals surface area contributed by atoms with Gasteiger partial charge in [0.2, 0.25) is 17.4 Å². The first-order chi connectivity index (χ1) is 19.4. The number of fused-ring (bicyclic) bond motifs is 2. The van der Waals surface area contributed by atoms with Gasteiger partial charge in [0.1, 0.15) is 6.54 Å². The van der Waals surface area contributed by atoms with Gasteiger partial charge in [0.25, 0.3) is 5.91 Å². The van der Waals surface area contributed by atoms with E-state index in [1.54, 1.807) is 32.0 Å². The lowest BCUT2D eigenvalue weighted by molar-refractivity contribution is -0.146. The summed E-state index contributed by atoms with van der Waals surface area (Å²) in [5.74, 6) is -0.220. The van der Waals surface area contributed by atoms with E-state index in [0.717, 1.165) is 41.7 Å². The van der Waals surface area contributed by atoms with Crippen molar-refractivity contribution in [2.75, 3.05) is 11.9 Å². The first-order valence-corrected chi connectivity index (χ1v) is 14.6. The maximum absolute atomic E-state index is 14.1. The molecule has 9 nitrogen and oxygen atoms in total. The highest BCUT2D eigenvalue weighted by Crippen LogP contribution is 2.55. The van der Waals surface area contributed by atoms with Crippen molar-refractivity contribution in [3.05, 3.63) is 65.2 Å². The van der Waals surface area contributed by atoms with Crippen LogP contribution in [0.2, 0.25) is 0 Å². The van der Waals surface area contributed by atoms with Gasteiger partial charge < -0.3 is 20.7 Å². The Morgan fingerprint density at radius 1 is 1.05 bits per heavy atom. The zero-order valence-corrected chi connectivity index (χ0v) is 23.9. The van der Waals surface area contributed by atoms with Crippen LogP contribution in [0.3, 0.4) is 0 Å². The molecule has 4 aliphatic rings. The summed E-state index contributed by atoms with van der Waals surface area (Å²) in [5, 5.41) is 2.80. The Balaban J connectivity index is 1.24. The van der Waals surface area contributed by atoms with Crippen molar-refractivity contribution in [3.63, 3.8) is 0 Å². The van der Waals surface area contributed by atoms with Crippen molar-refractivity contribution in [1.29, 1.82) is 0 Å². The molecule has 0 aromatic heterocycles. The zero-order valence-electron chi connectivity index (χ0n) is 23.9. The molecule has 0 bridgehead atoms. The van der Waals surface area contributed by atoms with E-state index in [0.29, 0.717) is 36.1 Å². The number of hydrogen-bond acceptors (Lipinski definition) is 6. The fraction of sp³-hybridized carbons (Fsp3) is 0.500. The predicted octanol–water partition coefficient (Wildman–Crippen LogP) is 4.09. The highest BCUT2D eigenvalue weighted by molar-refractivity contribution is 6.06. The summed E-state index contributed by atoms with van der Waals surface area (Å²) in [4.78, 5) is 56.4. The van der Waals surface area contributed by atoms with E-state index in [9.17, 15) is 19.2 Å². The Kier molecular flexibility index (Phi) is 6.48. The van der Waals surface area contributed by atoms with E-state index >= 15 is 0 Å². The monoisotopic (exact) mass is 558 g/mol. The van der Waals surface area contributed by atoms with Crippen molar-refractivity contribution >= 4 is 29.5 Å². The van der Waals surface area contributed by atoms with Crippen LogP contribution in [0.5, 0.6) is 0 Å². The number of anilines is 1. The highest BCUT2D eigenvalue weighted by atomic mass is 16.6. The number of nitrogens with two attached hydrogens (primary N) is 1. The summed E-state index contributed by atoms with van der Waals surface area (Å²) in [7, 11) is 0. The minimum Gasteiger partial charge on any atom is -0.427 e. The number of amides is 4. The van der Waals surface area contributed by atoms with E-state index in [4.69, 9.17) is 10.5 Å². The molecule has 1 unspecified atom stereocenters. The van der Waals surface area contributed by atoms with Gasteiger partial charge in [-0.25, -0.2) is 9.69 Å². The standard InChI is InChI=1S/C32H38N4O5/c1-30(2,33)27(38)34-24-13-14-25-21(17-24)15-16-32(25)28(39)35(29(40)41-32)19-26(37)36(18-20-7-5-4-6-8-20)31(3,22-9-10-22)23-11-12-23/h4-8,13-14,17,22-23H,9-12,15-16,18-19,33H2,1-3H3,(H,34,38). The molecular weight excluding hydrogens is 520 g/mol. The van der Waals surface area contributed by atoms with Gasteiger partial charge in [-0.15, -0.1) is 0 Å². The molecule has 3 aliphatic carbocycles. The number of carbonyl (C=O) groups is 4. The van der Waals surface area contributed by atoms with Gasteiger partial charge in [-0.05, 0) is 88.0 Å². The molecule has 3 N–H and O–H groups in total. The number of nitrogens with one attached hydrogen (secondary N) is 1. The fourth-order valence-corrected chi connectivity index (χ4v) is 6.65. The van der Waals surface area contributed by atoms with Crippen molar-refractivity contribution in [1.82, 2.24) is 9.80 Å². The van der Waals surface area contributed by atoms with E-state index in [-0.39, 0.29) is 30.3 Å². The molecule has 1 saturated heterocycles. The number of benzene rings is 2. The van der Waals surface area contributed by atoms with E-state index < -0.39 is 23.1 Å². The molecular formula is C32H38N4O5. The average molecular weight is 559 g/mol. The van der Waals surface area contributed by atoms with Gasteiger partial charge in [0.05, 0.1) is 5.54 Å². The van der Waals surface area contributed by atoms with Crippen LogP contribution in [0.15, 0.2) is 48.5 Å². The number of hydrogen-bond donors (Lipinski definition) is 2. The molecule has 0 radical (unpaired) electrons. The molecule has 2 aromatic rings. The molecule has 4 amide bonds. The van der Waals surface area contributed by atoms with Crippen molar-refractivity contribution in [2.45, 2.75) is 82.5 Å². The number of imide groups is 1. The van der Waals surface area contributed by atoms with E-state index in [1.165, 1.54) is 0 Å². The topological polar surface area (TPSA) is 122 Å². The fourth-order valence-electron chi connectivity index (χ4n) is 6.65. The van der Waals surface area contributed by atoms with Crippen LogP contribution >= 0.6 is 0 Å². The summed E-state index contributed by atoms with van der Waals surface area (Å²) in [5.41, 5.74) is 6.08. The SMILES string of the molecule is CC(C)(N)C(=O)Nc1ccc2c(c1)CCC21OC(=O)N(CC(=O)N(Cc2ccccc2)C(C)(C2CC2)C2CC2)C1=O. The average Bonchev–Trinajstić information content (AvgIpc) is 3.86. The second-order valence-electron chi connectivity index (χ2n) is 12.9. The Bertz CT molecular complexity index is 1400. The van der Waals surface area contributed by atoms with Crippen LogP contribution in [-0.4, -0.2) is 51.2 Å².